The number of Topliss-reactive ketones (excluding diaryl/α,β-unsaturated/α-hetero) is 1. The molecule has 1 saturated carbocycles. The van der Waals surface area contributed by atoms with Crippen molar-refractivity contribution in [1.29, 1.82) is 0 Å². The summed E-state index contributed by atoms with van der Waals surface area (Å²) in [6, 6.07) is 6.88. The molecule has 0 amide bonds. The van der Waals surface area contributed by atoms with E-state index in [9.17, 15) is 9.59 Å². The lowest BCUT2D eigenvalue weighted by molar-refractivity contribution is -0.135. The molecule has 24 heavy (non-hydrogen) atoms. The normalized spacial score (nSPS) is 17.8. The van der Waals surface area contributed by atoms with Crippen LogP contribution in [0.15, 0.2) is 34.4 Å². The van der Waals surface area contributed by atoms with E-state index in [1.165, 1.54) is 0 Å². The smallest absolute Gasteiger partial charge is 0.314 e. The minimum Gasteiger partial charge on any atom is -0.462 e. The van der Waals surface area contributed by atoms with Gasteiger partial charge in [-0.15, -0.1) is 0 Å². The Morgan fingerprint density at radius 2 is 2.00 bits per heavy atom. The number of furan rings is 1. The Kier molecular flexibility index (Phi) is 3.30. The summed E-state index contributed by atoms with van der Waals surface area (Å²) in [6.45, 7) is 3.61. The van der Waals surface area contributed by atoms with Crippen molar-refractivity contribution in [1.82, 2.24) is 0 Å². The van der Waals surface area contributed by atoms with Crippen LogP contribution in [-0.4, -0.2) is 11.8 Å². The van der Waals surface area contributed by atoms with Crippen LogP contribution in [0.1, 0.15) is 40.3 Å². The third-order valence-corrected chi connectivity index (χ3v) is 4.19. The van der Waals surface area contributed by atoms with Gasteiger partial charge in [-0.3, -0.25) is 9.59 Å². The third kappa shape index (κ3) is 2.52. The number of fused-ring (bicyclic) bond motifs is 1. The van der Waals surface area contributed by atoms with Crippen molar-refractivity contribution in [2.24, 2.45) is 5.92 Å². The zero-order valence-corrected chi connectivity index (χ0v) is 13.4. The Labute approximate surface area is 138 Å². The number of hydrogen-bond donors (Lipinski definition) is 0. The predicted molar refractivity (Wildman–Crippen MR) is 85.9 cm³/mol. The highest BCUT2D eigenvalue weighted by Gasteiger charge is 2.34. The molecule has 4 rings (SSSR count). The van der Waals surface area contributed by atoms with Crippen molar-refractivity contribution in [3.8, 4) is 11.5 Å². The highest BCUT2D eigenvalue weighted by atomic mass is 16.5. The van der Waals surface area contributed by atoms with Gasteiger partial charge in [0.05, 0.1) is 11.5 Å². The number of aryl methyl sites for hydroxylation is 1. The number of carbonyl (C=O) groups is 2. The molecule has 1 aromatic heterocycles. The summed E-state index contributed by atoms with van der Waals surface area (Å²) in [4.78, 5) is 24.3. The molecule has 0 bridgehead atoms. The molecular formula is C19H16O5. The first kappa shape index (κ1) is 14.8. The topological polar surface area (TPSA) is 65.7 Å². The first-order valence-electron chi connectivity index (χ1n) is 7.89. The van der Waals surface area contributed by atoms with Crippen molar-refractivity contribution in [3.63, 3.8) is 0 Å². The monoisotopic (exact) mass is 324 g/mol. The Bertz CT molecular complexity index is 883. The van der Waals surface area contributed by atoms with Crippen LogP contribution >= 0.6 is 0 Å². The molecule has 0 unspecified atom stereocenters. The fourth-order valence-corrected chi connectivity index (χ4v) is 2.65. The summed E-state index contributed by atoms with van der Waals surface area (Å²) in [6.07, 6.45) is 3.34. The van der Waals surface area contributed by atoms with Gasteiger partial charge in [-0.25, -0.2) is 0 Å². The maximum absolute atomic E-state index is 12.5. The molecule has 2 heterocycles. The molecule has 1 aliphatic carbocycles. The van der Waals surface area contributed by atoms with E-state index in [1.54, 1.807) is 31.2 Å². The quantitative estimate of drug-likeness (QED) is 0.488. The molecule has 122 valence electrons. The van der Waals surface area contributed by atoms with Crippen molar-refractivity contribution < 1.29 is 23.5 Å². The number of carbonyl (C=O) groups excluding carboxylic acids is 2. The van der Waals surface area contributed by atoms with Crippen LogP contribution in [0.5, 0.6) is 11.5 Å². The summed E-state index contributed by atoms with van der Waals surface area (Å²) >= 11 is 0. The first-order valence-corrected chi connectivity index (χ1v) is 7.89. The van der Waals surface area contributed by atoms with Crippen LogP contribution in [0.3, 0.4) is 0 Å². The Balaban J connectivity index is 1.64. The van der Waals surface area contributed by atoms with Gasteiger partial charge in [-0.1, -0.05) is 0 Å². The zero-order chi connectivity index (χ0) is 16.8. The Morgan fingerprint density at radius 3 is 2.67 bits per heavy atom. The molecule has 5 heteroatoms. The number of benzene rings is 1. The van der Waals surface area contributed by atoms with Crippen molar-refractivity contribution >= 4 is 17.8 Å². The SMILES string of the molecule is Cc1ccc(/C=C2\Oc3c(ccc(OC(=O)C4CC4)c3C)C2=O)o1. The Morgan fingerprint density at radius 1 is 1.21 bits per heavy atom. The third-order valence-electron chi connectivity index (χ3n) is 4.19. The van der Waals surface area contributed by atoms with Crippen LogP contribution in [0, 0.1) is 19.8 Å². The number of ether oxygens (including phenoxy) is 2. The summed E-state index contributed by atoms with van der Waals surface area (Å²) in [5.41, 5.74) is 1.11. The molecule has 0 saturated heterocycles. The van der Waals surface area contributed by atoms with Crippen LogP contribution in [0.2, 0.25) is 0 Å². The lowest BCUT2D eigenvalue weighted by Gasteiger charge is -2.09. The lowest BCUT2D eigenvalue weighted by Crippen LogP contribution is -2.10. The molecule has 5 nitrogen and oxygen atoms in total. The Hall–Kier alpha value is -2.82. The van der Waals surface area contributed by atoms with E-state index in [0.717, 1.165) is 18.6 Å². The van der Waals surface area contributed by atoms with Gasteiger partial charge in [0, 0.05) is 11.6 Å². The second kappa shape index (κ2) is 5.37. The second-order valence-corrected chi connectivity index (χ2v) is 6.15. The van der Waals surface area contributed by atoms with Crippen LogP contribution in [0.25, 0.3) is 6.08 Å². The van der Waals surface area contributed by atoms with Gasteiger partial charge < -0.3 is 13.9 Å². The van der Waals surface area contributed by atoms with Gasteiger partial charge in [-0.05, 0) is 51.0 Å². The number of allylic oxidation sites excluding steroid dienone is 1. The van der Waals surface area contributed by atoms with Crippen molar-refractivity contribution in [2.75, 3.05) is 0 Å². The minimum atomic E-state index is -0.218. The fraction of sp³-hybridized carbons (Fsp3) is 0.263. The average molecular weight is 324 g/mol. The standard InChI is InChI=1S/C19H16O5/c1-10-3-6-13(22-10)9-16-17(20)14-7-8-15(11(2)18(14)23-16)24-19(21)12-4-5-12/h3,6-9,12H,4-5H2,1-2H3/b16-9-. The number of rotatable bonds is 3. The van der Waals surface area contributed by atoms with Gasteiger partial charge in [0.15, 0.2) is 5.76 Å². The summed E-state index contributed by atoms with van der Waals surface area (Å²) < 4.78 is 16.6. The van der Waals surface area contributed by atoms with Gasteiger partial charge in [0.1, 0.15) is 23.0 Å². The van der Waals surface area contributed by atoms with E-state index < -0.39 is 0 Å². The van der Waals surface area contributed by atoms with Crippen LogP contribution in [-0.2, 0) is 4.79 Å². The molecule has 0 atom stereocenters. The zero-order valence-electron chi connectivity index (χ0n) is 13.4. The van der Waals surface area contributed by atoms with E-state index in [1.807, 2.05) is 13.0 Å². The van der Waals surface area contributed by atoms with E-state index in [2.05, 4.69) is 0 Å². The second-order valence-electron chi connectivity index (χ2n) is 6.15. The highest BCUT2D eigenvalue weighted by Crippen LogP contribution is 2.40. The van der Waals surface area contributed by atoms with Gasteiger partial charge in [0.25, 0.3) is 0 Å². The molecule has 0 spiro atoms. The fourth-order valence-electron chi connectivity index (χ4n) is 2.65. The van der Waals surface area contributed by atoms with E-state index in [0.29, 0.717) is 28.4 Å². The molecule has 2 aromatic rings. The largest absolute Gasteiger partial charge is 0.462 e. The molecule has 0 radical (unpaired) electrons. The average Bonchev–Trinajstić information content (AvgIpc) is 3.26. The minimum absolute atomic E-state index is 0.0119. The molecule has 2 aliphatic rings. The number of ketones is 1. The van der Waals surface area contributed by atoms with Crippen LogP contribution < -0.4 is 9.47 Å². The summed E-state index contributed by atoms with van der Waals surface area (Å²) in [5.74, 6) is 1.98. The molecule has 0 N–H and O–H groups in total. The van der Waals surface area contributed by atoms with Gasteiger partial charge >= 0.3 is 5.97 Å². The maximum atomic E-state index is 12.5. The maximum Gasteiger partial charge on any atom is 0.314 e. The lowest BCUT2D eigenvalue weighted by atomic mass is 10.1. The van der Waals surface area contributed by atoms with Crippen molar-refractivity contribution in [2.45, 2.75) is 26.7 Å². The molecule has 1 fully saturated rings. The van der Waals surface area contributed by atoms with Crippen molar-refractivity contribution in [3.05, 3.63) is 52.7 Å². The molecule has 1 aliphatic heterocycles. The number of esters is 1. The molecule has 1 aromatic carbocycles. The first-order chi connectivity index (χ1) is 11.5. The van der Waals surface area contributed by atoms with Gasteiger partial charge in [-0.2, -0.15) is 0 Å². The summed E-state index contributed by atoms with van der Waals surface area (Å²) in [5, 5.41) is 0. The predicted octanol–water partition coefficient (Wildman–Crippen LogP) is 3.83. The van der Waals surface area contributed by atoms with E-state index in [-0.39, 0.29) is 23.4 Å². The highest BCUT2D eigenvalue weighted by molar-refractivity contribution is 6.14. The van der Waals surface area contributed by atoms with E-state index >= 15 is 0 Å². The van der Waals surface area contributed by atoms with Gasteiger partial charge in [0.2, 0.25) is 5.78 Å². The molecular weight excluding hydrogens is 308 g/mol. The van der Waals surface area contributed by atoms with Crippen LogP contribution in [0.4, 0.5) is 0 Å². The van der Waals surface area contributed by atoms with E-state index in [4.69, 9.17) is 13.9 Å². The number of hydrogen-bond acceptors (Lipinski definition) is 5. The summed E-state index contributed by atoms with van der Waals surface area (Å²) in [7, 11) is 0.